The van der Waals surface area contributed by atoms with Crippen LogP contribution in [0.15, 0.2) is 54.9 Å². The molecule has 0 N–H and O–H groups in total. The van der Waals surface area contributed by atoms with E-state index in [0.29, 0.717) is 16.8 Å². The zero-order valence-electron chi connectivity index (χ0n) is 20.0. The van der Waals surface area contributed by atoms with Crippen LogP contribution < -0.4 is 4.57 Å². The summed E-state index contributed by atoms with van der Waals surface area (Å²) in [6.45, 7) is -0.295. The second kappa shape index (κ2) is 5.62. The number of rotatable bonds is 3. The summed E-state index contributed by atoms with van der Waals surface area (Å²) in [5.41, 5.74) is 4.19. The molecule has 1 aliphatic heterocycles. The van der Waals surface area contributed by atoms with Crippen molar-refractivity contribution in [3.8, 4) is 17.1 Å². The molecule has 2 heteroatoms. The molecule has 0 fully saturated rings. The molecule has 0 amide bonds. The van der Waals surface area contributed by atoms with Crippen LogP contribution in [-0.4, -0.2) is 4.57 Å². The van der Waals surface area contributed by atoms with Gasteiger partial charge in [0.05, 0.1) is 5.56 Å². The van der Waals surface area contributed by atoms with Gasteiger partial charge >= 0.3 is 0 Å². The summed E-state index contributed by atoms with van der Waals surface area (Å²) in [7, 11) is 0. The summed E-state index contributed by atoms with van der Waals surface area (Å²) in [6.07, 6.45) is 3.88. The van der Waals surface area contributed by atoms with E-state index in [1.807, 2.05) is 35.2 Å². The van der Waals surface area contributed by atoms with Gasteiger partial charge in [0.2, 0.25) is 0 Å². The Kier molecular flexibility index (Phi) is 2.30. The zero-order chi connectivity index (χ0) is 21.8. The van der Waals surface area contributed by atoms with Crippen molar-refractivity contribution in [2.45, 2.75) is 45.9 Å². The summed E-state index contributed by atoms with van der Waals surface area (Å²) >= 11 is 0. The fourth-order valence-electron chi connectivity index (χ4n) is 3.64. The molecule has 3 aromatic rings. The van der Waals surface area contributed by atoms with Crippen molar-refractivity contribution >= 4 is 0 Å². The lowest BCUT2D eigenvalue weighted by Crippen LogP contribution is -2.30. The monoisotopic (exact) mass is 323 g/mol. The number of benzene rings is 2. The van der Waals surface area contributed by atoms with Crippen molar-refractivity contribution < 1.29 is 12.8 Å². The molecule has 0 saturated carbocycles. The van der Waals surface area contributed by atoms with Crippen LogP contribution in [0.2, 0.25) is 0 Å². The highest BCUT2D eigenvalue weighted by atomic mass is 15.2. The maximum Gasteiger partial charge on any atom is 0.294 e. The summed E-state index contributed by atoms with van der Waals surface area (Å²) in [4.78, 5) is 0. The summed E-state index contributed by atoms with van der Waals surface area (Å²) < 4.78 is 51.9. The Morgan fingerprint density at radius 3 is 2.42 bits per heavy atom. The quantitative estimate of drug-likeness (QED) is 0.467. The van der Waals surface area contributed by atoms with Crippen molar-refractivity contribution in [3.63, 3.8) is 0 Å². The van der Waals surface area contributed by atoms with Crippen molar-refractivity contribution in [3.05, 3.63) is 71.5 Å². The number of hydrogen-bond donors (Lipinski definition) is 0. The summed E-state index contributed by atoms with van der Waals surface area (Å²) in [5.74, 6) is -0.540. The molecule has 0 aliphatic carbocycles. The Morgan fingerprint density at radius 2 is 1.71 bits per heavy atom. The molecular formula is C22H25N2+. The fourth-order valence-corrected chi connectivity index (χ4v) is 3.64. The van der Waals surface area contributed by atoms with E-state index in [-0.39, 0.29) is 0 Å². The van der Waals surface area contributed by atoms with Gasteiger partial charge < -0.3 is 0 Å². The highest BCUT2D eigenvalue weighted by Gasteiger charge is 2.32. The predicted molar refractivity (Wildman–Crippen MR) is 98.7 cm³/mol. The van der Waals surface area contributed by atoms with Gasteiger partial charge in [0.15, 0.2) is 0 Å². The van der Waals surface area contributed by atoms with Gasteiger partial charge in [-0.1, -0.05) is 63.9 Å². The summed E-state index contributed by atoms with van der Waals surface area (Å²) in [5, 5.41) is 0. The standard InChI is InChI=1S/C22H25N2/c1-15(2)18-10-7-11-19(16(3)4)21(18)24-13-12-23-14-17-8-5-6-9-20(17)22(23)24/h5-13,15-16H,14H2,1-4H3/q+1/i1D3,3D3. The SMILES string of the molecule is [2H]C([2H])([2H])C(C)c1cccc(C(C)C([2H])([2H])[2H])c1-n1cc[n+]2c1-c1ccccc1C2. The Hall–Kier alpha value is -2.35. The molecule has 24 heavy (non-hydrogen) atoms. The average Bonchev–Trinajstić information content (AvgIpc) is 3.24. The number of para-hydroxylation sites is 1. The maximum absolute atomic E-state index is 7.98. The van der Waals surface area contributed by atoms with Crippen LogP contribution >= 0.6 is 0 Å². The molecule has 1 aliphatic rings. The maximum atomic E-state index is 7.98. The van der Waals surface area contributed by atoms with Gasteiger partial charge in [0, 0.05) is 24.9 Å². The second-order valence-electron chi connectivity index (χ2n) is 6.51. The third-order valence-electron chi connectivity index (χ3n) is 4.77. The third-order valence-corrected chi connectivity index (χ3v) is 4.77. The normalized spacial score (nSPS) is 19.8. The molecule has 2 atom stereocenters. The van der Waals surface area contributed by atoms with Crippen molar-refractivity contribution in [2.75, 3.05) is 0 Å². The Labute approximate surface area is 152 Å². The minimum Gasteiger partial charge on any atom is -0.225 e. The molecule has 0 radical (unpaired) electrons. The zero-order valence-corrected chi connectivity index (χ0v) is 14.0. The molecule has 2 aromatic carbocycles. The number of nitrogens with zero attached hydrogens (tertiary/aromatic N) is 2. The molecule has 122 valence electrons. The van der Waals surface area contributed by atoms with Gasteiger partial charge in [-0.15, -0.1) is 0 Å². The molecular weight excluding hydrogens is 292 g/mol. The first kappa shape index (κ1) is 9.83. The Balaban J connectivity index is 2.01. The number of fused-ring (bicyclic) bond motifs is 3. The van der Waals surface area contributed by atoms with E-state index in [1.165, 1.54) is 5.56 Å². The van der Waals surface area contributed by atoms with Crippen LogP contribution in [0.3, 0.4) is 0 Å². The van der Waals surface area contributed by atoms with Crippen LogP contribution in [0.4, 0.5) is 0 Å². The lowest BCUT2D eigenvalue weighted by molar-refractivity contribution is -0.671. The highest BCUT2D eigenvalue weighted by molar-refractivity contribution is 5.65. The van der Waals surface area contributed by atoms with E-state index < -0.39 is 25.5 Å². The molecule has 2 heterocycles. The summed E-state index contributed by atoms with van der Waals surface area (Å²) in [6, 6.07) is 13.5. The number of hydrogen-bond acceptors (Lipinski definition) is 0. The van der Waals surface area contributed by atoms with Crippen LogP contribution in [0.5, 0.6) is 0 Å². The van der Waals surface area contributed by atoms with Crippen molar-refractivity contribution in [1.82, 2.24) is 4.57 Å². The first-order valence-electron chi connectivity index (χ1n) is 11.3. The van der Waals surface area contributed by atoms with Gasteiger partial charge in [0.1, 0.15) is 24.6 Å². The van der Waals surface area contributed by atoms with Gasteiger partial charge in [-0.05, 0) is 17.9 Å². The van der Waals surface area contributed by atoms with Crippen molar-refractivity contribution in [2.24, 2.45) is 0 Å². The van der Waals surface area contributed by atoms with Crippen LogP contribution in [-0.2, 0) is 6.54 Å². The highest BCUT2D eigenvalue weighted by Crippen LogP contribution is 2.35. The smallest absolute Gasteiger partial charge is 0.225 e. The average molecular weight is 323 g/mol. The first-order valence-corrected chi connectivity index (χ1v) is 8.32. The van der Waals surface area contributed by atoms with Gasteiger partial charge in [-0.25, -0.2) is 4.57 Å². The van der Waals surface area contributed by atoms with Gasteiger partial charge in [-0.2, -0.15) is 4.57 Å². The number of imidazole rings is 1. The second-order valence-corrected chi connectivity index (χ2v) is 6.51. The minimum absolute atomic E-state index is 0.631. The molecule has 0 spiro atoms. The van der Waals surface area contributed by atoms with Crippen LogP contribution in [0.1, 0.15) is 64.3 Å². The van der Waals surface area contributed by atoms with E-state index in [4.69, 9.17) is 8.22 Å². The third kappa shape index (κ3) is 2.21. The molecule has 0 bridgehead atoms. The van der Waals surface area contributed by atoms with E-state index in [9.17, 15) is 0 Å². The van der Waals surface area contributed by atoms with Gasteiger partial charge in [-0.3, -0.25) is 0 Å². The topological polar surface area (TPSA) is 8.81 Å². The largest absolute Gasteiger partial charge is 0.294 e. The van der Waals surface area contributed by atoms with Gasteiger partial charge in [0.25, 0.3) is 5.82 Å². The predicted octanol–water partition coefficient (Wildman–Crippen LogP) is 5.04. The molecule has 2 unspecified atom stereocenters. The Morgan fingerprint density at radius 1 is 1.00 bits per heavy atom. The molecule has 1 aromatic heterocycles. The molecule has 2 nitrogen and oxygen atoms in total. The van der Waals surface area contributed by atoms with E-state index in [0.717, 1.165) is 17.9 Å². The van der Waals surface area contributed by atoms with Crippen LogP contribution in [0, 0.1) is 0 Å². The fraction of sp³-hybridized carbons (Fsp3) is 0.318. The minimum atomic E-state index is -2.20. The first-order chi connectivity index (χ1) is 14.0. The van der Waals surface area contributed by atoms with E-state index in [2.05, 4.69) is 10.6 Å². The van der Waals surface area contributed by atoms with Crippen LogP contribution in [0.25, 0.3) is 17.1 Å². The van der Waals surface area contributed by atoms with E-state index in [1.54, 1.807) is 32.0 Å². The molecule has 0 saturated heterocycles. The lowest BCUT2D eigenvalue weighted by atomic mass is 9.92. The van der Waals surface area contributed by atoms with Crippen molar-refractivity contribution in [1.29, 1.82) is 0 Å². The lowest BCUT2D eigenvalue weighted by Gasteiger charge is -2.17. The Bertz CT molecular complexity index is 1060. The number of aromatic nitrogens is 2. The molecule has 4 rings (SSSR count). The van der Waals surface area contributed by atoms with E-state index >= 15 is 0 Å².